The minimum absolute atomic E-state index is 0.214. The first kappa shape index (κ1) is 14.5. The summed E-state index contributed by atoms with van der Waals surface area (Å²) < 4.78 is 5.47. The first-order chi connectivity index (χ1) is 10.2. The van der Waals surface area contributed by atoms with Crippen molar-refractivity contribution in [1.82, 2.24) is 0 Å². The summed E-state index contributed by atoms with van der Waals surface area (Å²) in [6.45, 7) is 0.731. The van der Waals surface area contributed by atoms with Crippen LogP contribution in [0.3, 0.4) is 0 Å². The average molecular weight is 281 g/mol. The zero-order chi connectivity index (χ0) is 15.1. The Morgan fingerprint density at radius 1 is 1.24 bits per heavy atom. The summed E-state index contributed by atoms with van der Waals surface area (Å²) in [6, 6.07) is 14.2. The van der Waals surface area contributed by atoms with E-state index in [1.807, 2.05) is 30.3 Å². The van der Waals surface area contributed by atoms with Crippen LogP contribution in [0, 0.1) is 12.3 Å². The Morgan fingerprint density at radius 3 is 2.81 bits per heavy atom. The normalized spacial score (nSPS) is 9.67. The molecule has 0 aliphatic heterocycles. The molecule has 21 heavy (non-hydrogen) atoms. The molecule has 0 aromatic heterocycles. The Morgan fingerprint density at radius 2 is 2.05 bits per heavy atom. The van der Waals surface area contributed by atoms with Crippen molar-refractivity contribution in [2.45, 2.75) is 6.54 Å². The molecule has 106 valence electrons. The Labute approximate surface area is 123 Å². The van der Waals surface area contributed by atoms with Crippen molar-refractivity contribution in [3.63, 3.8) is 0 Å². The van der Waals surface area contributed by atoms with Gasteiger partial charge in [0.1, 0.15) is 12.4 Å². The number of nitrogens with one attached hydrogen (secondary N) is 1. The van der Waals surface area contributed by atoms with Crippen LogP contribution in [0.4, 0.5) is 5.69 Å². The number of carbonyl (C=O) groups is 1. The predicted octanol–water partition coefficient (Wildman–Crippen LogP) is 3.01. The predicted molar refractivity (Wildman–Crippen MR) is 81.5 cm³/mol. The van der Waals surface area contributed by atoms with Crippen LogP contribution in [0.25, 0.3) is 0 Å². The van der Waals surface area contributed by atoms with Gasteiger partial charge in [-0.3, -0.25) is 0 Å². The van der Waals surface area contributed by atoms with Gasteiger partial charge in [0.05, 0.1) is 5.56 Å². The number of aromatic carboxylic acids is 1. The fraction of sp³-hybridized carbons (Fsp3) is 0.118. The zero-order valence-corrected chi connectivity index (χ0v) is 11.4. The SMILES string of the molecule is C#CCOc1ccccc1CNc1cccc(C(=O)O)c1. The van der Waals surface area contributed by atoms with E-state index < -0.39 is 5.97 Å². The third-order valence-corrected chi connectivity index (χ3v) is 2.88. The van der Waals surface area contributed by atoms with Gasteiger partial charge in [-0.25, -0.2) is 4.79 Å². The molecule has 2 N–H and O–H groups in total. The van der Waals surface area contributed by atoms with E-state index in [0.29, 0.717) is 6.54 Å². The molecule has 4 heteroatoms. The number of hydrogen-bond donors (Lipinski definition) is 2. The van der Waals surface area contributed by atoms with Crippen molar-refractivity contribution in [3.05, 3.63) is 59.7 Å². The fourth-order valence-corrected chi connectivity index (χ4v) is 1.87. The monoisotopic (exact) mass is 281 g/mol. The van der Waals surface area contributed by atoms with Crippen LogP contribution < -0.4 is 10.1 Å². The van der Waals surface area contributed by atoms with Crippen LogP contribution in [-0.2, 0) is 6.54 Å². The van der Waals surface area contributed by atoms with Crippen molar-refractivity contribution >= 4 is 11.7 Å². The maximum atomic E-state index is 10.9. The summed E-state index contributed by atoms with van der Waals surface area (Å²) in [5.41, 5.74) is 1.94. The van der Waals surface area contributed by atoms with Gasteiger partial charge in [-0.2, -0.15) is 0 Å². The van der Waals surface area contributed by atoms with Gasteiger partial charge in [-0.15, -0.1) is 6.42 Å². The zero-order valence-electron chi connectivity index (χ0n) is 11.4. The molecule has 0 amide bonds. The van der Waals surface area contributed by atoms with Gasteiger partial charge < -0.3 is 15.2 Å². The van der Waals surface area contributed by atoms with Crippen molar-refractivity contribution in [3.8, 4) is 18.1 Å². The second-order valence-electron chi connectivity index (χ2n) is 4.34. The van der Waals surface area contributed by atoms with Crippen molar-refractivity contribution in [1.29, 1.82) is 0 Å². The van der Waals surface area contributed by atoms with E-state index in [1.165, 1.54) is 0 Å². The highest BCUT2D eigenvalue weighted by molar-refractivity contribution is 5.88. The third kappa shape index (κ3) is 4.02. The minimum atomic E-state index is -0.948. The summed E-state index contributed by atoms with van der Waals surface area (Å²) >= 11 is 0. The summed E-state index contributed by atoms with van der Waals surface area (Å²) in [5, 5.41) is 12.1. The number of terminal acetylenes is 1. The molecular formula is C17H15NO3. The van der Waals surface area contributed by atoms with Crippen LogP contribution in [0.1, 0.15) is 15.9 Å². The quantitative estimate of drug-likeness (QED) is 0.799. The second-order valence-corrected chi connectivity index (χ2v) is 4.34. The van der Waals surface area contributed by atoms with E-state index in [4.69, 9.17) is 16.3 Å². The van der Waals surface area contributed by atoms with Gasteiger partial charge in [-0.05, 0) is 24.3 Å². The molecule has 2 aromatic carbocycles. The first-order valence-electron chi connectivity index (χ1n) is 6.42. The van der Waals surface area contributed by atoms with Crippen molar-refractivity contribution in [2.24, 2.45) is 0 Å². The number of hydrogen-bond acceptors (Lipinski definition) is 3. The van der Waals surface area contributed by atoms with Gasteiger partial charge in [-0.1, -0.05) is 30.2 Å². The fourth-order valence-electron chi connectivity index (χ4n) is 1.87. The van der Waals surface area contributed by atoms with Gasteiger partial charge in [0.25, 0.3) is 0 Å². The summed E-state index contributed by atoms with van der Waals surface area (Å²) in [6.07, 6.45) is 5.19. The standard InChI is InChI=1S/C17H15NO3/c1-2-10-21-16-9-4-3-6-14(16)12-18-15-8-5-7-13(11-15)17(19)20/h1,3-9,11,18H,10,12H2,(H,19,20). The van der Waals surface area contributed by atoms with E-state index >= 15 is 0 Å². The third-order valence-electron chi connectivity index (χ3n) is 2.88. The van der Waals surface area contributed by atoms with E-state index in [9.17, 15) is 4.79 Å². The van der Waals surface area contributed by atoms with Crippen LogP contribution in [0.5, 0.6) is 5.75 Å². The largest absolute Gasteiger partial charge is 0.481 e. The highest BCUT2D eigenvalue weighted by Crippen LogP contribution is 2.20. The molecule has 0 unspecified atom stereocenters. The molecule has 0 radical (unpaired) electrons. The molecule has 2 rings (SSSR count). The van der Waals surface area contributed by atoms with Crippen molar-refractivity contribution < 1.29 is 14.6 Å². The molecule has 0 fully saturated rings. The lowest BCUT2D eigenvalue weighted by Gasteiger charge is -2.11. The number of benzene rings is 2. The van der Waals surface area contributed by atoms with E-state index in [1.54, 1.807) is 18.2 Å². The van der Waals surface area contributed by atoms with Crippen LogP contribution >= 0.6 is 0 Å². The molecule has 0 aliphatic carbocycles. The van der Waals surface area contributed by atoms with Crippen LogP contribution in [0.2, 0.25) is 0 Å². The molecule has 0 atom stereocenters. The maximum absolute atomic E-state index is 10.9. The van der Waals surface area contributed by atoms with Gasteiger partial charge in [0.15, 0.2) is 0 Å². The number of ether oxygens (including phenoxy) is 1. The number of carboxylic acids is 1. The highest BCUT2D eigenvalue weighted by Gasteiger charge is 2.05. The number of rotatable bonds is 6. The maximum Gasteiger partial charge on any atom is 0.335 e. The number of anilines is 1. The topological polar surface area (TPSA) is 58.6 Å². The lowest BCUT2D eigenvalue weighted by molar-refractivity contribution is 0.0697. The number of carboxylic acid groups (broad SMARTS) is 1. The Bertz CT molecular complexity index is 674. The first-order valence-corrected chi connectivity index (χ1v) is 6.42. The molecule has 0 spiro atoms. The molecular weight excluding hydrogens is 266 g/mol. The van der Waals surface area contributed by atoms with Gasteiger partial charge >= 0.3 is 5.97 Å². The van der Waals surface area contributed by atoms with Gasteiger partial charge in [0.2, 0.25) is 0 Å². The lowest BCUT2D eigenvalue weighted by atomic mass is 10.1. The minimum Gasteiger partial charge on any atom is -0.481 e. The smallest absolute Gasteiger partial charge is 0.335 e. The molecule has 0 heterocycles. The molecule has 0 bridgehead atoms. The average Bonchev–Trinajstić information content (AvgIpc) is 2.52. The lowest BCUT2D eigenvalue weighted by Crippen LogP contribution is -2.04. The van der Waals surface area contributed by atoms with Crippen LogP contribution in [0.15, 0.2) is 48.5 Å². The molecule has 0 saturated carbocycles. The summed E-state index contributed by atoms with van der Waals surface area (Å²) in [4.78, 5) is 10.9. The number of para-hydroxylation sites is 1. The highest BCUT2D eigenvalue weighted by atomic mass is 16.5. The van der Waals surface area contributed by atoms with Crippen molar-refractivity contribution in [2.75, 3.05) is 11.9 Å². The summed E-state index contributed by atoms with van der Waals surface area (Å²) in [7, 11) is 0. The molecule has 0 aliphatic rings. The molecule has 4 nitrogen and oxygen atoms in total. The van der Waals surface area contributed by atoms with E-state index in [2.05, 4.69) is 11.2 Å². The Balaban J connectivity index is 2.08. The Kier molecular flexibility index (Phi) is 4.84. The Hall–Kier alpha value is -2.93. The molecule has 0 saturated heterocycles. The van der Waals surface area contributed by atoms with Crippen LogP contribution in [-0.4, -0.2) is 17.7 Å². The van der Waals surface area contributed by atoms with E-state index in [-0.39, 0.29) is 12.2 Å². The van der Waals surface area contributed by atoms with E-state index in [0.717, 1.165) is 17.0 Å². The van der Waals surface area contributed by atoms with Gasteiger partial charge in [0, 0.05) is 17.8 Å². The second kappa shape index (κ2) is 7.01. The molecule has 2 aromatic rings. The summed E-state index contributed by atoms with van der Waals surface area (Å²) in [5.74, 6) is 2.20.